The van der Waals surface area contributed by atoms with Gasteiger partial charge in [-0.25, -0.2) is 0 Å². The fourth-order valence-corrected chi connectivity index (χ4v) is 5.39. The van der Waals surface area contributed by atoms with Crippen LogP contribution in [0.15, 0.2) is 24.3 Å². The van der Waals surface area contributed by atoms with E-state index in [1.807, 2.05) is 18.2 Å². The van der Waals surface area contributed by atoms with Gasteiger partial charge in [0.25, 0.3) is 0 Å². The molecule has 0 saturated heterocycles. The highest BCUT2D eigenvalue weighted by atomic mass is 28.4. The fourth-order valence-electron chi connectivity index (χ4n) is 3.93. The quantitative estimate of drug-likeness (QED) is 0.150. The van der Waals surface area contributed by atoms with Gasteiger partial charge in [0.1, 0.15) is 5.75 Å². The van der Waals surface area contributed by atoms with Crippen molar-refractivity contribution < 1.29 is 8.85 Å². The van der Waals surface area contributed by atoms with Crippen molar-refractivity contribution >= 4 is 8.56 Å². The van der Waals surface area contributed by atoms with Crippen molar-refractivity contribution in [2.24, 2.45) is 0 Å². The molecule has 0 aliphatic carbocycles. The minimum absolute atomic E-state index is 0.837. The first-order chi connectivity index (χ1) is 14.5. The molecule has 2 nitrogen and oxygen atoms in total. The number of hydrogen-bond donors (Lipinski definition) is 0. The zero-order valence-electron chi connectivity index (χ0n) is 20.6. The Labute approximate surface area is 189 Å². The van der Waals surface area contributed by atoms with Gasteiger partial charge in [0.05, 0.1) is 0 Å². The fraction of sp³-hybridized carbons (Fsp3) is 0.778. The molecule has 1 rings (SSSR count). The van der Waals surface area contributed by atoms with Crippen LogP contribution < -0.4 is 4.43 Å². The van der Waals surface area contributed by atoms with Crippen molar-refractivity contribution in [2.75, 3.05) is 6.61 Å². The molecule has 0 atom stereocenters. The van der Waals surface area contributed by atoms with E-state index >= 15 is 0 Å². The van der Waals surface area contributed by atoms with Crippen LogP contribution in [0.3, 0.4) is 0 Å². The maximum atomic E-state index is 6.18. The van der Waals surface area contributed by atoms with Crippen LogP contribution in [0.1, 0.15) is 115 Å². The third-order valence-corrected chi connectivity index (χ3v) is 7.51. The summed E-state index contributed by atoms with van der Waals surface area (Å²) < 4.78 is 12.3. The van der Waals surface area contributed by atoms with Crippen molar-refractivity contribution in [3.8, 4) is 5.75 Å². The van der Waals surface area contributed by atoms with Gasteiger partial charge in [-0.15, -0.1) is 0 Å². The van der Waals surface area contributed by atoms with Gasteiger partial charge in [0.2, 0.25) is 0 Å². The Hall–Kier alpha value is -0.803. The zero-order chi connectivity index (χ0) is 21.9. The van der Waals surface area contributed by atoms with Crippen LogP contribution in [0.2, 0.25) is 13.1 Å². The monoisotopic (exact) mass is 434 g/mol. The summed E-state index contributed by atoms with van der Waals surface area (Å²) in [4.78, 5) is 0. The van der Waals surface area contributed by atoms with Crippen LogP contribution >= 0.6 is 0 Å². The summed E-state index contributed by atoms with van der Waals surface area (Å²) in [5, 5.41) is 0. The SMILES string of the molecule is CCCCCCCCCCCCCCCCCCO[Si](C)(C)Oc1ccccc1C. The highest BCUT2D eigenvalue weighted by Gasteiger charge is 2.26. The van der Waals surface area contributed by atoms with Crippen molar-refractivity contribution in [1.82, 2.24) is 0 Å². The molecule has 0 aliphatic rings. The predicted octanol–water partition coefficient (Wildman–Crippen LogP) is 9.35. The molecule has 0 saturated carbocycles. The Morgan fingerprint density at radius 1 is 0.633 bits per heavy atom. The Morgan fingerprint density at radius 3 is 1.53 bits per heavy atom. The van der Waals surface area contributed by atoms with Crippen LogP contribution in [-0.4, -0.2) is 15.2 Å². The van der Waals surface area contributed by atoms with Gasteiger partial charge in [-0.2, -0.15) is 0 Å². The smallest absolute Gasteiger partial charge is 0.392 e. The Bertz CT molecular complexity index is 515. The van der Waals surface area contributed by atoms with E-state index in [0.29, 0.717) is 0 Å². The number of benzene rings is 1. The van der Waals surface area contributed by atoms with E-state index in [1.54, 1.807) is 0 Å². The van der Waals surface area contributed by atoms with E-state index in [0.717, 1.165) is 18.8 Å². The van der Waals surface area contributed by atoms with E-state index in [2.05, 4.69) is 33.0 Å². The molecule has 0 heterocycles. The van der Waals surface area contributed by atoms with Crippen molar-refractivity contribution in [1.29, 1.82) is 0 Å². The number of rotatable bonds is 20. The molecule has 0 radical (unpaired) electrons. The van der Waals surface area contributed by atoms with Crippen molar-refractivity contribution in [3.63, 3.8) is 0 Å². The first kappa shape index (κ1) is 27.2. The molecule has 0 aromatic heterocycles. The second-order valence-electron chi connectivity index (χ2n) is 9.42. The first-order valence-electron chi connectivity index (χ1n) is 12.9. The molecule has 3 heteroatoms. The normalized spacial score (nSPS) is 11.7. The highest BCUT2D eigenvalue weighted by Crippen LogP contribution is 2.21. The molecular weight excluding hydrogens is 384 g/mol. The second-order valence-corrected chi connectivity index (χ2v) is 12.7. The Balaban J connectivity index is 1.86. The zero-order valence-corrected chi connectivity index (χ0v) is 21.6. The van der Waals surface area contributed by atoms with Gasteiger partial charge >= 0.3 is 8.56 Å². The van der Waals surface area contributed by atoms with Gasteiger partial charge in [0, 0.05) is 6.61 Å². The first-order valence-corrected chi connectivity index (χ1v) is 15.8. The third-order valence-electron chi connectivity index (χ3n) is 5.90. The summed E-state index contributed by atoms with van der Waals surface area (Å²) in [5.41, 5.74) is 1.18. The van der Waals surface area contributed by atoms with Gasteiger partial charge in [-0.05, 0) is 38.1 Å². The Kier molecular flexibility index (Phi) is 16.2. The molecule has 0 spiro atoms. The van der Waals surface area contributed by atoms with Crippen LogP contribution in [0, 0.1) is 6.92 Å². The second kappa shape index (κ2) is 17.8. The maximum Gasteiger partial charge on any atom is 0.392 e. The molecule has 30 heavy (non-hydrogen) atoms. The molecular formula is C27H50O2Si. The maximum absolute atomic E-state index is 6.18. The van der Waals surface area contributed by atoms with Gasteiger partial charge < -0.3 is 8.85 Å². The van der Waals surface area contributed by atoms with Gasteiger partial charge in [-0.1, -0.05) is 121 Å². The van der Waals surface area contributed by atoms with E-state index in [9.17, 15) is 0 Å². The molecule has 174 valence electrons. The van der Waals surface area contributed by atoms with E-state index < -0.39 is 8.56 Å². The van der Waals surface area contributed by atoms with Crippen molar-refractivity contribution in [3.05, 3.63) is 29.8 Å². The predicted molar refractivity (Wildman–Crippen MR) is 135 cm³/mol. The molecule has 0 bridgehead atoms. The van der Waals surface area contributed by atoms with E-state index in [4.69, 9.17) is 8.85 Å². The van der Waals surface area contributed by atoms with Crippen LogP contribution in [0.25, 0.3) is 0 Å². The van der Waals surface area contributed by atoms with Gasteiger partial charge in [0.15, 0.2) is 0 Å². The highest BCUT2D eigenvalue weighted by molar-refractivity contribution is 6.65. The minimum atomic E-state index is -2.08. The number of para-hydroxylation sites is 1. The van der Waals surface area contributed by atoms with E-state index in [1.165, 1.54) is 102 Å². The van der Waals surface area contributed by atoms with Crippen molar-refractivity contribution in [2.45, 2.75) is 130 Å². The topological polar surface area (TPSA) is 18.5 Å². The molecule has 1 aromatic rings. The summed E-state index contributed by atoms with van der Waals surface area (Å²) in [6.45, 7) is 9.51. The van der Waals surface area contributed by atoms with Crippen LogP contribution in [0.5, 0.6) is 5.75 Å². The lowest BCUT2D eigenvalue weighted by molar-refractivity contribution is 0.240. The molecule has 0 aliphatic heterocycles. The lowest BCUT2D eigenvalue weighted by Crippen LogP contribution is -2.38. The summed E-state index contributed by atoms with van der Waals surface area (Å²) in [6.07, 6.45) is 22.4. The minimum Gasteiger partial charge on any atom is -0.520 e. The lowest BCUT2D eigenvalue weighted by Gasteiger charge is -2.24. The average molecular weight is 435 g/mol. The van der Waals surface area contributed by atoms with Crippen LogP contribution in [0.4, 0.5) is 0 Å². The van der Waals surface area contributed by atoms with E-state index in [-0.39, 0.29) is 0 Å². The Morgan fingerprint density at radius 2 is 1.07 bits per heavy atom. The molecule has 0 fully saturated rings. The molecule has 0 unspecified atom stereocenters. The molecule has 0 N–H and O–H groups in total. The lowest BCUT2D eigenvalue weighted by atomic mass is 10.0. The largest absolute Gasteiger partial charge is 0.520 e. The standard InChI is InChI=1S/C27H50O2Si/c1-5-6-7-8-9-10-11-12-13-14-15-16-17-18-19-22-25-28-30(3,4)29-27-24-21-20-23-26(27)2/h20-21,23-24H,5-19,22,25H2,1-4H3. The number of aryl methyl sites for hydroxylation is 1. The summed E-state index contributed by atoms with van der Waals surface area (Å²) in [7, 11) is -2.08. The number of hydrogen-bond acceptors (Lipinski definition) is 2. The average Bonchev–Trinajstić information content (AvgIpc) is 2.72. The molecule has 1 aromatic carbocycles. The third kappa shape index (κ3) is 15.1. The van der Waals surface area contributed by atoms with Crippen LogP contribution in [-0.2, 0) is 4.43 Å². The summed E-state index contributed by atoms with van der Waals surface area (Å²) >= 11 is 0. The molecule has 0 amide bonds. The summed E-state index contributed by atoms with van der Waals surface area (Å²) in [5.74, 6) is 0.973. The van der Waals surface area contributed by atoms with Gasteiger partial charge in [-0.3, -0.25) is 0 Å². The number of unbranched alkanes of at least 4 members (excludes halogenated alkanes) is 15. The summed E-state index contributed by atoms with van der Waals surface area (Å²) in [6, 6.07) is 8.22.